The number of H-pyrrole nitrogens is 1. The minimum atomic E-state index is -0.856. The fourth-order valence-corrected chi connectivity index (χ4v) is 4.06. The number of anilines is 1. The molecule has 0 atom stereocenters. The molecular weight excluding hydrogens is 460 g/mol. The van der Waals surface area contributed by atoms with Gasteiger partial charge in [0.2, 0.25) is 11.5 Å². The maximum atomic E-state index is 13.0. The first-order valence-electron chi connectivity index (χ1n) is 9.60. The van der Waals surface area contributed by atoms with Crippen molar-refractivity contribution in [3.8, 4) is 34.9 Å². The van der Waals surface area contributed by atoms with E-state index in [1.54, 1.807) is 36.4 Å². The normalized spacial score (nSPS) is 10.4. The van der Waals surface area contributed by atoms with Gasteiger partial charge in [0.05, 0.1) is 30.3 Å². The number of nitrogens with two attached hydrogens (primary N) is 1. The lowest BCUT2D eigenvalue weighted by Crippen LogP contribution is -2.41. The molecule has 0 saturated carbocycles. The number of rotatable bonds is 7. The average molecular weight is 475 g/mol. The van der Waals surface area contributed by atoms with Crippen LogP contribution in [0.25, 0.3) is 17.0 Å². The van der Waals surface area contributed by atoms with Crippen molar-refractivity contribution < 1.29 is 23.2 Å². The van der Waals surface area contributed by atoms with E-state index in [2.05, 4.69) is 10.3 Å². The third kappa shape index (κ3) is 4.01. The zero-order valence-electron chi connectivity index (χ0n) is 17.6. The van der Waals surface area contributed by atoms with Gasteiger partial charge in [0.15, 0.2) is 0 Å². The number of hydrogen-bond acceptors (Lipinski definition) is 10. The van der Waals surface area contributed by atoms with Crippen molar-refractivity contribution in [1.82, 2.24) is 10.3 Å². The van der Waals surface area contributed by atoms with Crippen LogP contribution in [0.1, 0.15) is 21.6 Å². The zero-order valence-corrected chi connectivity index (χ0v) is 18.4. The summed E-state index contributed by atoms with van der Waals surface area (Å²) in [6.07, 6.45) is 1.40. The van der Waals surface area contributed by atoms with Gasteiger partial charge in [-0.25, -0.2) is 9.78 Å². The molecule has 0 aliphatic rings. The minimum Gasteiger partial charge on any atom is -0.497 e. The SMILES string of the molecule is COc1ccc(-[n+]2[nH]oc(=O)c2C(=O)CSc2nc(N)c(C#N)c(-c3ccco3)c2C#N)cc1. The Hall–Kier alpha value is -4.81. The lowest BCUT2D eigenvalue weighted by Gasteiger charge is -2.10. The molecule has 11 nitrogen and oxygen atoms in total. The molecule has 3 N–H and O–H groups in total. The molecule has 168 valence electrons. The predicted octanol–water partition coefficient (Wildman–Crippen LogP) is 2.21. The monoisotopic (exact) mass is 475 g/mol. The maximum absolute atomic E-state index is 13.0. The summed E-state index contributed by atoms with van der Waals surface area (Å²) >= 11 is 0.899. The standard InChI is InChI=1S/C22H14N6O5S/c1-31-13-6-4-12(5-7-13)28-19(22(30)33-27-28)16(29)11-34-21-15(10-24)18(17-3-2-8-32-17)14(9-23)20(25)26-21/h2-8H,11H2,1H3,(H2-,25,26,27,29,30)/p+1. The number of thioether (sulfide) groups is 1. The highest BCUT2D eigenvalue weighted by molar-refractivity contribution is 8.00. The molecule has 4 aromatic rings. The Balaban J connectivity index is 1.68. The number of nitriles is 2. The molecule has 1 aromatic carbocycles. The molecule has 0 aliphatic heterocycles. The number of aromatic nitrogens is 3. The smallest absolute Gasteiger partial charge is 0.438 e. The summed E-state index contributed by atoms with van der Waals surface area (Å²) in [4.78, 5) is 29.4. The van der Waals surface area contributed by atoms with Gasteiger partial charge in [-0.05, 0) is 34.2 Å². The molecule has 0 saturated heterocycles. The molecule has 0 aliphatic carbocycles. The molecule has 0 fully saturated rings. The number of nitrogen functional groups attached to an aromatic ring is 1. The molecule has 4 rings (SSSR count). The highest BCUT2D eigenvalue weighted by Crippen LogP contribution is 2.35. The second-order valence-corrected chi connectivity index (χ2v) is 7.67. The first-order chi connectivity index (χ1) is 16.5. The van der Waals surface area contributed by atoms with Crippen molar-refractivity contribution >= 4 is 23.4 Å². The van der Waals surface area contributed by atoms with Gasteiger partial charge in [0.1, 0.15) is 40.1 Å². The lowest BCUT2D eigenvalue weighted by atomic mass is 10.0. The summed E-state index contributed by atoms with van der Waals surface area (Å²) in [5.41, 5.74) is 5.52. The Bertz CT molecular complexity index is 1510. The highest BCUT2D eigenvalue weighted by atomic mass is 32.2. The van der Waals surface area contributed by atoms with Crippen LogP contribution in [0.3, 0.4) is 0 Å². The van der Waals surface area contributed by atoms with Crippen LogP contribution in [-0.2, 0) is 0 Å². The van der Waals surface area contributed by atoms with Crippen molar-refractivity contribution in [3.63, 3.8) is 0 Å². The van der Waals surface area contributed by atoms with Crippen LogP contribution in [0, 0.1) is 22.7 Å². The highest BCUT2D eigenvalue weighted by Gasteiger charge is 2.31. The number of nitrogens with zero attached hydrogens (tertiary/aromatic N) is 4. The number of hydrogen-bond donors (Lipinski definition) is 2. The number of carbonyl (C=O) groups excluding carboxylic acids is 1. The number of furan rings is 1. The van der Waals surface area contributed by atoms with Gasteiger partial charge in [-0.15, -0.1) is 0 Å². The second-order valence-electron chi connectivity index (χ2n) is 6.70. The number of carbonyl (C=O) groups is 1. The first-order valence-corrected chi connectivity index (χ1v) is 10.6. The third-order valence-corrected chi connectivity index (χ3v) is 5.74. The van der Waals surface area contributed by atoms with E-state index >= 15 is 0 Å². The molecule has 0 radical (unpaired) electrons. The Morgan fingerprint density at radius 1 is 1.24 bits per heavy atom. The van der Waals surface area contributed by atoms with Crippen molar-refractivity contribution in [2.75, 3.05) is 18.6 Å². The van der Waals surface area contributed by atoms with Gasteiger partial charge in [0, 0.05) is 12.1 Å². The van der Waals surface area contributed by atoms with Crippen molar-refractivity contribution in [3.05, 3.63) is 69.9 Å². The van der Waals surface area contributed by atoms with Gasteiger partial charge >= 0.3 is 11.3 Å². The molecule has 3 aromatic heterocycles. The van der Waals surface area contributed by atoms with Gasteiger partial charge in [-0.2, -0.15) is 10.5 Å². The van der Waals surface area contributed by atoms with E-state index in [9.17, 15) is 20.1 Å². The molecular formula is C22H15N6O5S+. The second kappa shape index (κ2) is 9.36. The summed E-state index contributed by atoms with van der Waals surface area (Å²) in [6.45, 7) is 0. The van der Waals surface area contributed by atoms with E-state index in [4.69, 9.17) is 19.4 Å². The fraction of sp³-hybridized carbons (Fsp3) is 0.0909. The number of aromatic amines is 1. The van der Waals surface area contributed by atoms with Crippen LogP contribution < -0.4 is 20.8 Å². The quantitative estimate of drug-likeness (QED) is 0.229. The topological polar surface area (TPSA) is 176 Å². The van der Waals surface area contributed by atoms with Crippen LogP contribution in [0.2, 0.25) is 0 Å². The summed E-state index contributed by atoms with van der Waals surface area (Å²) in [6, 6.07) is 13.7. The molecule has 0 bridgehead atoms. The van der Waals surface area contributed by atoms with Crippen molar-refractivity contribution in [1.29, 1.82) is 10.5 Å². The molecule has 0 amide bonds. The first kappa shape index (κ1) is 22.4. The molecule has 0 spiro atoms. The number of pyridine rings is 1. The van der Waals surface area contributed by atoms with E-state index in [-0.39, 0.29) is 44.7 Å². The summed E-state index contributed by atoms with van der Waals surface area (Å²) in [7, 11) is 1.52. The maximum Gasteiger partial charge on any atom is 0.438 e. The molecule has 12 heteroatoms. The van der Waals surface area contributed by atoms with Crippen molar-refractivity contribution in [2.45, 2.75) is 5.03 Å². The Labute approximate surface area is 195 Å². The summed E-state index contributed by atoms with van der Waals surface area (Å²) < 4.78 is 16.5. The lowest BCUT2D eigenvalue weighted by molar-refractivity contribution is -0.672. The molecule has 3 heterocycles. The van der Waals surface area contributed by atoms with Gasteiger partial charge in [-0.1, -0.05) is 11.8 Å². The van der Waals surface area contributed by atoms with Crippen LogP contribution in [0.15, 0.2) is 61.4 Å². The number of nitrogens with one attached hydrogen (secondary N) is 1. The van der Waals surface area contributed by atoms with Crippen LogP contribution >= 0.6 is 11.8 Å². The minimum absolute atomic E-state index is 0.00852. The third-order valence-electron chi connectivity index (χ3n) is 4.76. The molecule has 0 unspecified atom stereocenters. The van der Waals surface area contributed by atoms with Crippen LogP contribution in [0.5, 0.6) is 5.75 Å². The number of benzene rings is 1. The van der Waals surface area contributed by atoms with E-state index in [0.717, 1.165) is 11.8 Å². The number of Topliss-reactive ketones (excluding diaryl/α,β-unsaturated/α-hetero) is 1. The van der Waals surface area contributed by atoms with Gasteiger partial charge < -0.3 is 14.9 Å². The largest absolute Gasteiger partial charge is 0.497 e. The predicted molar refractivity (Wildman–Crippen MR) is 118 cm³/mol. The molecule has 34 heavy (non-hydrogen) atoms. The number of ketones is 1. The Morgan fingerprint density at radius 2 is 1.97 bits per heavy atom. The van der Waals surface area contributed by atoms with Crippen molar-refractivity contribution in [2.24, 2.45) is 0 Å². The zero-order chi connectivity index (χ0) is 24.2. The summed E-state index contributed by atoms with van der Waals surface area (Å²) in [5.74, 6) is -0.0941. The van der Waals surface area contributed by atoms with Crippen LogP contribution in [-0.4, -0.2) is 28.9 Å². The van der Waals surface area contributed by atoms with E-state index < -0.39 is 11.4 Å². The van der Waals surface area contributed by atoms with Gasteiger partial charge in [0.25, 0.3) is 0 Å². The number of ether oxygens (including phenoxy) is 1. The summed E-state index contributed by atoms with van der Waals surface area (Å²) in [5, 5.41) is 21.8. The fourth-order valence-electron chi connectivity index (χ4n) is 3.20. The number of methoxy groups -OCH3 is 1. The van der Waals surface area contributed by atoms with E-state index in [1.807, 2.05) is 12.1 Å². The van der Waals surface area contributed by atoms with Gasteiger partial charge in [-0.3, -0.25) is 9.32 Å². The van der Waals surface area contributed by atoms with Crippen LogP contribution in [0.4, 0.5) is 5.82 Å². The Morgan fingerprint density at radius 3 is 2.59 bits per heavy atom. The Kier molecular flexibility index (Phi) is 6.16. The van der Waals surface area contributed by atoms with E-state index in [0.29, 0.717) is 11.4 Å². The van der Waals surface area contributed by atoms with E-state index in [1.165, 1.54) is 18.1 Å². The average Bonchev–Trinajstić information content (AvgIpc) is 3.52.